The minimum Gasteiger partial charge on any atom is -0.497 e. The van der Waals surface area contributed by atoms with Crippen molar-refractivity contribution < 1.29 is 14.6 Å². The number of fused-ring (bicyclic) bond motifs is 1. The maximum absolute atomic E-state index is 9.44. The van der Waals surface area contributed by atoms with Crippen molar-refractivity contribution in [2.24, 2.45) is 0 Å². The van der Waals surface area contributed by atoms with Crippen LogP contribution < -0.4 is 14.6 Å². The molecule has 1 aromatic heterocycles. The van der Waals surface area contributed by atoms with Gasteiger partial charge in [-0.05, 0) is 23.8 Å². The van der Waals surface area contributed by atoms with Gasteiger partial charge in [-0.1, -0.05) is 23.9 Å². The number of rotatable bonds is 4. The Kier molecular flexibility index (Phi) is 4.85. The third-order valence-corrected chi connectivity index (χ3v) is 5.26. The number of benzene rings is 1. The highest BCUT2D eigenvalue weighted by Gasteiger charge is 2.25. The molecule has 4 nitrogen and oxygen atoms in total. The Balaban J connectivity index is 1.78. The summed E-state index contributed by atoms with van der Waals surface area (Å²) in [5.41, 5.74) is 4.53. The SMILES string of the molecule is COc1ccc(CSc2[nH+]c3c(cc2C#N)C[NH+](C)CC3)cc1. The average Bonchev–Trinajstić information content (AvgIpc) is 2.59. The van der Waals surface area contributed by atoms with Crippen molar-refractivity contribution in [3.8, 4) is 11.8 Å². The van der Waals surface area contributed by atoms with Crippen molar-refractivity contribution in [2.75, 3.05) is 20.7 Å². The van der Waals surface area contributed by atoms with Gasteiger partial charge in [-0.25, -0.2) is 4.98 Å². The quantitative estimate of drug-likeness (QED) is 0.860. The van der Waals surface area contributed by atoms with E-state index >= 15 is 0 Å². The monoisotopic (exact) mass is 327 g/mol. The van der Waals surface area contributed by atoms with Crippen LogP contribution in [-0.2, 0) is 18.7 Å². The molecule has 0 spiro atoms. The van der Waals surface area contributed by atoms with Crippen LogP contribution in [0.25, 0.3) is 0 Å². The summed E-state index contributed by atoms with van der Waals surface area (Å²) in [7, 11) is 3.87. The van der Waals surface area contributed by atoms with Gasteiger partial charge < -0.3 is 9.64 Å². The molecule has 0 amide bonds. The van der Waals surface area contributed by atoms with E-state index in [9.17, 15) is 5.26 Å². The second-order valence-electron chi connectivity index (χ2n) is 5.90. The number of nitriles is 1. The summed E-state index contributed by atoms with van der Waals surface area (Å²) in [5.74, 6) is 1.70. The standard InChI is InChI=1S/C18H19N3OS/c1-21-8-7-17-15(11-21)9-14(10-19)18(20-17)23-12-13-3-5-16(22-2)6-4-13/h3-6,9H,7-8,11-12H2,1-2H3/p+2. The van der Waals surface area contributed by atoms with Crippen molar-refractivity contribution in [1.29, 1.82) is 5.26 Å². The van der Waals surface area contributed by atoms with Crippen LogP contribution in [0.3, 0.4) is 0 Å². The molecular formula is C18H21N3OS+2. The Bertz CT molecular complexity index is 737. The fourth-order valence-corrected chi connectivity index (χ4v) is 3.78. The highest BCUT2D eigenvalue weighted by Crippen LogP contribution is 2.25. The van der Waals surface area contributed by atoms with Crippen LogP contribution in [0.15, 0.2) is 35.4 Å². The lowest BCUT2D eigenvalue weighted by Crippen LogP contribution is -3.08. The lowest BCUT2D eigenvalue weighted by atomic mass is 10.0. The van der Waals surface area contributed by atoms with Crippen LogP contribution in [0.4, 0.5) is 0 Å². The number of H-pyrrole nitrogens is 1. The zero-order valence-electron chi connectivity index (χ0n) is 13.5. The zero-order chi connectivity index (χ0) is 16.2. The molecule has 2 aromatic rings. The molecule has 5 heteroatoms. The highest BCUT2D eigenvalue weighted by atomic mass is 32.2. The van der Waals surface area contributed by atoms with E-state index in [2.05, 4.69) is 36.3 Å². The molecule has 3 rings (SSSR count). The fraction of sp³-hybridized carbons (Fsp3) is 0.333. The number of pyridine rings is 1. The minimum atomic E-state index is 0.747. The fourth-order valence-electron chi connectivity index (χ4n) is 2.82. The predicted molar refractivity (Wildman–Crippen MR) is 89.4 cm³/mol. The number of quaternary nitrogens is 1. The lowest BCUT2D eigenvalue weighted by molar-refractivity contribution is -0.897. The first kappa shape index (κ1) is 15.9. The first-order valence-corrected chi connectivity index (χ1v) is 8.73. The van der Waals surface area contributed by atoms with Gasteiger partial charge in [0.1, 0.15) is 23.9 Å². The summed E-state index contributed by atoms with van der Waals surface area (Å²) in [5, 5.41) is 10.4. The Morgan fingerprint density at radius 1 is 1.35 bits per heavy atom. The molecule has 2 heterocycles. The normalized spacial score (nSPS) is 16.5. The molecule has 0 saturated carbocycles. The molecule has 118 valence electrons. The van der Waals surface area contributed by atoms with Gasteiger partial charge in [-0.3, -0.25) is 0 Å². The number of thioether (sulfide) groups is 1. The number of nitrogens with one attached hydrogen (secondary N) is 2. The number of likely N-dealkylation sites (N-methyl/N-ethyl adjacent to an activating group) is 1. The van der Waals surface area contributed by atoms with E-state index in [4.69, 9.17) is 4.74 Å². The second-order valence-corrected chi connectivity index (χ2v) is 6.88. The molecule has 1 atom stereocenters. The average molecular weight is 327 g/mol. The predicted octanol–water partition coefficient (Wildman–Crippen LogP) is 1.24. The van der Waals surface area contributed by atoms with Gasteiger partial charge >= 0.3 is 0 Å². The number of aromatic amines is 1. The molecular weight excluding hydrogens is 306 g/mol. The maximum Gasteiger partial charge on any atom is 0.256 e. The van der Waals surface area contributed by atoms with E-state index in [-0.39, 0.29) is 0 Å². The van der Waals surface area contributed by atoms with E-state index in [1.165, 1.54) is 21.7 Å². The van der Waals surface area contributed by atoms with Crippen molar-refractivity contribution in [1.82, 2.24) is 0 Å². The Hall–Kier alpha value is -2.03. The van der Waals surface area contributed by atoms with E-state index in [0.29, 0.717) is 0 Å². The Morgan fingerprint density at radius 3 is 2.83 bits per heavy atom. The summed E-state index contributed by atoms with van der Waals surface area (Å²) in [4.78, 5) is 4.99. The van der Waals surface area contributed by atoms with Crippen molar-refractivity contribution >= 4 is 11.8 Å². The first-order valence-electron chi connectivity index (χ1n) is 7.75. The minimum absolute atomic E-state index is 0.747. The van der Waals surface area contributed by atoms with Gasteiger partial charge in [0.2, 0.25) is 0 Å². The van der Waals surface area contributed by atoms with Crippen LogP contribution in [-0.4, -0.2) is 20.7 Å². The van der Waals surface area contributed by atoms with E-state index in [1.54, 1.807) is 18.9 Å². The van der Waals surface area contributed by atoms with Gasteiger partial charge in [0.05, 0.1) is 32.7 Å². The first-order chi connectivity index (χ1) is 11.2. The molecule has 23 heavy (non-hydrogen) atoms. The van der Waals surface area contributed by atoms with Crippen molar-refractivity contribution in [3.05, 3.63) is 52.7 Å². The number of hydrogen-bond acceptors (Lipinski definition) is 3. The molecule has 1 unspecified atom stereocenters. The molecule has 2 N–H and O–H groups in total. The van der Waals surface area contributed by atoms with Crippen LogP contribution in [0.1, 0.15) is 22.4 Å². The Labute approximate surface area is 141 Å². The number of methoxy groups -OCH3 is 1. The largest absolute Gasteiger partial charge is 0.497 e. The molecule has 1 aliphatic heterocycles. The molecule has 0 radical (unpaired) electrons. The van der Waals surface area contributed by atoms with E-state index in [0.717, 1.165) is 41.6 Å². The van der Waals surface area contributed by atoms with Crippen LogP contribution in [0, 0.1) is 11.3 Å². The van der Waals surface area contributed by atoms with Gasteiger partial charge in [0.15, 0.2) is 5.69 Å². The van der Waals surface area contributed by atoms with Gasteiger partial charge in [-0.2, -0.15) is 5.26 Å². The lowest BCUT2D eigenvalue weighted by Gasteiger charge is -2.19. The summed E-state index contributed by atoms with van der Waals surface area (Å²) in [6, 6.07) is 12.5. The van der Waals surface area contributed by atoms with E-state index < -0.39 is 0 Å². The number of ether oxygens (including phenoxy) is 1. The molecule has 1 aromatic carbocycles. The van der Waals surface area contributed by atoms with Crippen molar-refractivity contribution in [2.45, 2.75) is 23.7 Å². The number of hydrogen-bond donors (Lipinski definition) is 1. The van der Waals surface area contributed by atoms with E-state index in [1.807, 2.05) is 12.1 Å². The Morgan fingerprint density at radius 2 is 2.13 bits per heavy atom. The summed E-state index contributed by atoms with van der Waals surface area (Å²) < 4.78 is 5.18. The summed E-state index contributed by atoms with van der Waals surface area (Å²) in [6.07, 6.45) is 1.04. The van der Waals surface area contributed by atoms with Gasteiger partial charge in [0.25, 0.3) is 5.03 Å². The maximum atomic E-state index is 9.44. The number of nitrogens with zero attached hydrogens (tertiary/aromatic N) is 1. The molecule has 0 saturated heterocycles. The summed E-state index contributed by atoms with van der Waals surface area (Å²) >= 11 is 1.69. The number of aromatic nitrogens is 1. The van der Waals surface area contributed by atoms with Crippen molar-refractivity contribution in [3.63, 3.8) is 0 Å². The molecule has 0 bridgehead atoms. The zero-order valence-corrected chi connectivity index (χ0v) is 14.3. The van der Waals surface area contributed by atoms with Gasteiger partial charge in [-0.15, -0.1) is 0 Å². The third kappa shape index (κ3) is 3.66. The molecule has 0 aliphatic carbocycles. The van der Waals surface area contributed by atoms with Crippen LogP contribution >= 0.6 is 11.8 Å². The van der Waals surface area contributed by atoms with Crippen LogP contribution in [0.5, 0.6) is 5.75 Å². The summed E-state index contributed by atoms with van der Waals surface area (Å²) in [6.45, 7) is 2.13. The molecule has 1 aliphatic rings. The topological polar surface area (TPSA) is 51.6 Å². The van der Waals surface area contributed by atoms with Crippen LogP contribution in [0.2, 0.25) is 0 Å². The highest BCUT2D eigenvalue weighted by molar-refractivity contribution is 7.98. The smallest absolute Gasteiger partial charge is 0.256 e. The third-order valence-electron chi connectivity index (χ3n) is 4.17. The van der Waals surface area contributed by atoms with Gasteiger partial charge in [0, 0.05) is 5.75 Å². The molecule has 0 fully saturated rings. The second kappa shape index (κ2) is 7.03.